The molecule has 1 aliphatic rings. The molecule has 2 rings (SSSR count). The summed E-state index contributed by atoms with van der Waals surface area (Å²) >= 11 is 0. The number of aryl methyl sites for hydroxylation is 1. The molecule has 0 radical (unpaired) electrons. The van der Waals surface area contributed by atoms with E-state index in [1.807, 2.05) is 17.0 Å². The molecule has 1 saturated heterocycles. The Kier molecular flexibility index (Phi) is 4.02. The van der Waals surface area contributed by atoms with Gasteiger partial charge in [0.25, 0.3) is 0 Å². The van der Waals surface area contributed by atoms with Gasteiger partial charge in [0.15, 0.2) is 0 Å². The number of nitrogens with zero attached hydrogens (tertiary/aromatic N) is 1. The van der Waals surface area contributed by atoms with E-state index in [2.05, 4.69) is 24.4 Å². The smallest absolute Gasteiger partial charge is 0.317 e. The van der Waals surface area contributed by atoms with Crippen molar-refractivity contribution >= 4 is 6.03 Å². The molecular formula is C14H20N2O. The van der Waals surface area contributed by atoms with Crippen molar-refractivity contribution in [3.63, 3.8) is 0 Å². The van der Waals surface area contributed by atoms with Crippen molar-refractivity contribution in [3.8, 4) is 0 Å². The third kappa shape index (κ3) is 3.22. The molecule has 2 amide bonds. The molecule has 1 heterocycles. The van der Waals surface area contributed by atoms with Crippen molar-refractivity contribution in [1.82, 2.24) is 10.2 Å². The summed E-state index contributed by atoms with van der Waals surface area (Å²) < 4.78 is 0. The summed E-state index contributed by atoms with van der Waals surface area (Å²) in [5.41, 5.74) is 2.42. The van der Waals surface area contributed by atoms with Crippen molar-refractivity contribution < 1.29 is 4.79 Å². The third-order valence-corrected chi connectivity index (χ3v) is 3.33. The summed E-state index contributed by atoms with van der Waals surface area (Å²) in [6.45, 7) is 4.50. The molecule has 1 aromatic carbocycles. The first-order valence-electron chi connectivity index (χ1n) is 6.34. The van der Waals surface area contributed by atoms with Gasteiger partial charge in [-0.2, -0.15) is 0 Å². The van der Waals surface area contributed by atoms with E-state index in [-0.39, 0.29) is 6.03 Å². The average Bonchev–Trinajstić information content (AvgIpc) is 2.38. The summed E-state index contributed by atoms with van der Waals surface area (Å²) in [5, 5.41) is 3.00. The van der Waals surface area contributed by atoms with E-state index in [1.165, 1.54) is 17.5 Å². The van der Waals surface area contributed by atoms with Gasteiger partial charge in [-0.15, -0.1) is 0 Å². The topological polar surface area (TPSA) is 32.3 Å². The molecule has 1 N–H and O–H groups in total. The lowest BCUT2D eigenvalue weighted by Gasteiger charge is -2.26. The molecule has 1 fully saturated rings. The highest BCUT2D eigenvalue weighted by atomic mass is 16.2. The maximum Gasteiger partial charge on any atom is 0.317 e. The normalized spacial score (nSPS) is 15.7. The van der Waals surface area contributed by atoms with Gasteiger partial charge in [-0.05, 0) is 37.3 Å². The quantitative estimate of drug-likeness (QED) is 0.835. The van der Waals surface area contributed by atoms with E-state index in [1.54, 1.807) is 0 Å². The third-order valence-electron chi connectivity index (χ3n) is 3.33. The standard InChI is InChI=1S/C14H20N2O/c1-12-7-3-4-8-13(12)11-15-14(17)16-9-5-2-6-10-16/h3-4,7-8H,2,5-6,9-11H2,1H3,(H,15,17). The number of likely N-dealkylation sites (tertiary alicyclic amines) is 1. The van der Waals surface area contributed by atoms with Crippen LogP contribution in [-0.2, 0) is 6.54 Å². The number of nitrogens with one attached hydrogen (secondary N) is 1. The van der Waals surface area contributed by atoms with E-state index in [0.29, 0.717) is 6.54 Å². The van der Waals surface area contributed by atoms with Crippen molar-refractivity contribution in [2.24, 2.45) is 0 Å². The first-order valence-corrected chi connectivity index (χ1v) is 6.34. The van der Waals surface area contributed by atoms with Gasteiger partial charge in [-0.1, -0.05) is 24.3 Å². The second kappa shape index (κ2) is 5.71. The number of amides is 2. The van der Waals surface area contributed by atoms with Crippen LogP contribution in [0.2, 0.25) is 0 Å². The van der Waals surface area contributed by atoms with Crippen LogP contribution in [0.5, 0.6) is 0 Å². The van der Waals surface area contributed by atoms with E-state index < -0.39 is 0 Å². The van der Waals surface area contributed by atoms with Gasteiger partial charge < -0.3 is 10.2 Å². The molecular weight excluding hydrogens is 212 g/mol. The van der Waals surface area contributed by atoms with Crippen LogP contribution < -0.4 is 5.32 Å². The van der Waals surface area contributed by atoms with Gasteiger partial charge in [0.2, 0.25) is 0 Å². The Labute approximate surface area is 103 Å². The molecule has 0 bridgehead atoms. The molecule has 1 aliphatic heterocycles. The first kappa shape index (κ1) is 12.0. The first-order chi connectivity index (χ1) is 8.27. The van der Waals surface area contributed by atoms with Crippen LogP contribution in [0.1, 0.15) is 30.4 Å². The predicted octanol–water partition coefficient (Wildman–Crippen LogP) is 2.69. The Bertz CT molecular complexity index is 384. The summed E-state index contributed by atoms with van der Waals surface area (Å²) in [7, 11) is 0. The Morgan fingerprint density at radius 2 is 1.94 bits per heavy atom. The Hall–Kier alpha value is -1.51. The summed E-state index contributed by atoms with van der Waals surface area (Å²) in [5.74, 6) is 0. The minimum absolute atomic E-state index is 0.0768. The van der Waals surface area contributed by atoms with Crippen LogP contribution in [0, 0.1) is 6.92 Å². The lowest BCUT2D eigenvalue weighted by Crippen LogP contribution is -2.42. The van der Waals surface area contributed by atoms with Crippen LogP contribution in [0.3, 0.4) is 0 Å². The molecule has 0 atom stereocenters. The van der Waals surface area contributed by atoms with Crippen molar-refractivity contribution in [2.75, 3.05) is 13.1 Å². The monoisotopic (exact) mass is 232 g/mol. The molecule has 3 nitrogen and oxygen atoms in total. The van der Waals surface area contributed by atoms with Crippen molar-refractivity contribution in [2.45, 2.75) is 32.7 Å². The highest BCUT2D eigenvalue weighted by Gasteiger charge is 2.15. The number of hydrogen-bond donors (Lipinski definition) is 1. The zero-order chi connectivity index (χ0) is 12.1. The zero-order valence-electron chi connectivity index (χ0n) is 10.4. The van der Waals surface area contributed by atoms with Gasteiger partial charge >= 0.3 is 6.03 Å². The van der Waals surface area contributed by atoms with Crippen LogP contribution >= 0.6 is 0 Å². The lowest BCUT2D eigenvalue weighted by molar-refractivity contribution is 0.186. The average molecular weight is 232 g/mol. The van der Waals surface area contributed by atoms with E-state index in [0.717, 1.165) is 25.9 Å². The Morgan fingerprint density at radius 3 is 2.65 bits per heavy atom. The highest BCUT2D eigenvalue weighted by molar-refractivity contribution is 5.74. The summed E-state index contributed by atoms with van der Waals surface area (Å²) in [6.07, 6.45) is 3.52. The SMILES string of the molecule is Cc1ccccc1CNC(=O)N1CCCCC1. The molecule has 17 heavy (non-hydrogen) atoms. The van der Waals surface area contributed by atoms with Crippen LogP contribution in [0.4, 0.5) is 4.79 Å². The number of hydrogen-bond acceptors (Lipinski definition) is 1. The van der Waals surface area contributed by atoms with Crippen LogP contribution in [-0.4, -0.2) is 24.0 Å². The fraction of sp³-hybridized carbons (Fsp3) is 0.500. The molecule has 1 aromatic rings. The molecule has 3 heteroatoms. The lowest BCUT2D eigenvalue weighted by atomic mass is 10.1. The number of urea groups is 1. The largest absolute Gasteiger partial charge is 0.334 e. The highest BCUT2D eigenvalue weighted by Crippen LogP contribution is 2.10. The van der Waals surface area contributed by atoms with Gasteiger partial charge in [0.05, 0.1) is 0 Å². The zero-order valence-corrected chi connectivity index (χ0v) is 10.4. The molecule has 0 spiro atoms. The summed E-state index contributed by atoms with van der Waals surface area (Å²) in [6, 6.07) is 8.24. The molecule has 0 aliphatic carbocycles. The van der Waals surface area contributed by atoms with Gasteiger partial charge in [0.1, 0.15) is 0 Å². The van der Waals surface area contributed by atoms with Crippen molar-refractivity contribution in [1.29, 1.82) is 0 Å². The minimum atomic E-state index is 0.0768. The Morgan fingerprint density at radius 1 is 1.24 bits per heavy atom. The maximum absolute atomic E-state index is 11.9. The number of carbonyl (C=O) groups is 1. The molecule has 0 aromatic heterocycles. The molecule has 0 unspecified atom stereocenters. The molecule has 92 valence electrons. The minimum Gasteiger partial charge on any atom is -0.334 e. The second-order valence-corrected chi connectivity index (χ2v) is 4.63. The number of carbonyl (C=O) groups excluding carboxylic acids is 1. The fourth-order valence-corrected chi connectivity index (χ4v) is 2.19. The van der Waals surface area contributed by atoms with Crippen LogP contribution in [0.25, 0.3) is 0 Å². The van der Waals surface area contributed by atoms with Crippen molar-refractivity contribution in [3.05, 3.63) is 35.4 Å². The van der Waals surface area contributed by atoms with E-state index in [4.69, 9.17) is 0 Å². The molecule has 0 saturated carbocycles. The fourth-order valence-electron chi connectivity index (χ4n) is 2.19. The van der Waals surface area contributed by atoms with E-state index >= 15 is 0 Å². The van der Waals surface area contributed by atoms with Gasteiger partial charge in [-0.3, -0.25) is 0 Å². The maximum atomic E-state index is 11.9. The second-order valence-electron chi connectivity index (χ2n) is 4.63. The van der Waals surface area contributed by atoms with E-state index in [9.17, 15) is 4.79 Å². The summed E-state index contributed by atoms with van der Waals surface area (Å²) in [4.78, 5) is 13.8. The number of benzene rings is 1. The number of rotatable bonds is 2. The van der Waals surface area contributed by atoms with Gasteiger partial charge in [0, 0.05) is 19.6 Å². The van der Waals surface area contributed by atoms with Crippen LogP contribution in [0.15, 0.2) is 24.3 Å². The predicted molar refractivity (Wildman–Crippen MR) is 68.8 cm³/mol. The Balaban J connectivity index is 1.85. The number of piperidine rings is 1. The van der Waals surface area contributed by atoms with Gasteiger partial charge in [-0.25, -0.2) is 4.79 Å².